The molecule has 3 saturated heterocycles. The second kappa shape index (κ2) is 3.48. The monoisotopic (exact) mass is 226 g/mol. The Kier molecular flexibility index (Phi) is 2.64. The summed E-state index contributed by atoms with van der Waals surface area (Å²) >= 11 is 0. The zero-order valence-electron chi connectivity index (χ0n) is 6.58. The molecule has 6 nitrogen and oxygen atoms in total. The maximum absolute atomic E-state index is 10.8. The molecule has 0 amide bonds. The van der Waals surface area contributed by atoms with Crippen LogP contribution in [0.4, 0.5) is 0 Å². The molecule has 3 fully saturated rings. The van der Waals surface area contributed by atoms with Crippen LogP contribution in [0.1, 0.15) is 0 Å². The first-order chi connectivity index (χ1) is 6.18. The van der Waals surface area contributed by atoms with Crippen molar-refractivity contribution in [3.63, 3.8) is 0 Å². The van der Waals surface area contributed by atoms with E-state index in [2.05, 4.69) is 0 Å². The molecule has 0 saturated carbocycles. The van der Waals surface area contributed by atoms with E-state index in [9.17, 15) is 9.46 Å². The fourth-order valence-electron chi connectivity index (χ4n) is 1.27. The molecule has 0 spiro atoms. The van der Waals surface area contributed by atoms with Crippen molar-refractivity contribution in [2.24, 2.45) is 5.41 Å². The zero-order valence-corrected chi connectivity index (χ0v) is 8.37. The largest absolute Gasteiger partial charge is 0.593 e. The van der Waals surface area contributed by atoms with Gasteiger partial charge in [-0.15, -0.1) is 0 Å². The second-order valence-electron chi connectivity index (χ2n) is 3.03. The fraction of sp³-hybridized carbons (Fsp3) is 1.00. The lowest BCUT2D eigenvalue weighted by Gasteiger charge is -2.44. The standard InChI is InChI=1S/C5H8O6P2/c6-1-5-2-9-13(10-3-5)11-4(5)12(7)8/h4,6H,1-3H2. The number of aliphatic hydroxyl groups excluding tert-OH is 1. The first kappa shape index (κ1) is 9.87. The van der Waals surface area contributed by atoms with Gasteiger partial charge in [-0.3, -0.25) is 4.52 Å². The molecule has 3 heterocycles. The summed E-state index contributed by atoms with van der Waals surface area (Å²) in [6.45, 7) is 0.0521. The van der Waals surface area contributed by atoms with Gasteiger partial charge in [-0.25, -0.2) is 0 Å². The highest BCUT2D eigenvalue weighted by molar-refractivity contribution is 7.44. The van der Waals surface area contributed by atoms with Crippen LogP contribution in [0.5, 0.6) is 0 Å². The summed E-state index contributed by atoms with van der Waals surface area (Å²) < 4.78 is 25.9. The third-order valence-electron chi connectivity index (χ3n) is 2.13. The molecule has 1 N–H and O–H groups in total. The molecule has 0 radical (unpaired) electrons. The fourth-order valence-corrected chi connectivity index (χ4v) is 3.79. The molecule has 2 bridgehead atoms. The lowest BCUT2D eigenvalue weighted by Crippen LogP contribution is -2.52. The molecule has 3 aliphatic heterocycles. The summed E-state index contributed by atoms with van der Waals surface area (Å²) in [6, 6.07) is 0. The Labute approximate surface area is 76.7 Å². The van der Waals surface area contributed by atoms with E-state index in [1.54, 1.807) is 0 Å². The Morgan fingerprint density at radius 2 is 2.23 bits per heavy atom. The highest BCUT2D eigenvalue weighted by Crippen LogP contribution is 2.60. The molecule has 2 unspecified atom stereocenters. The van der Waals surface area contributed by atoms with Crippen LogP contribution in [0.2, 0.25) is 0 Å². The van der Waals surface area contributed by atoms with Gasteiger partial charge in [-0.2, -0.15) is 0 Å². The summed E-state index contributed by atoms with van der Waals surface area (Å²) in [5.41, 5.74) is -0.924. The summed E-state index contributed by atoms with van der Waals surface area (Å²) in [5, 5.41) is 9.09. The molecule has 0 aromatic carbocycles. The summed E-state index contributed by atoms with van der Waals surface area (Å²) in [6.07, 6.45) is 0. The van der Waals surface area contributed by atoms with Crippen molar-refractivity contribution in [1.29, 1.82) is 0 Å². The van der Waals surface area contributed by atoms with Crippen LogP contribution in [0, 0.1) is 5.41 Å². The van der Waals surface area contributed by atoms with Crippen molar-refractivity contribution in [2.45, 2.75) is 5.85 Å². The van der Waals surface area contributed by atoms with Crippen molar-refractivity contribution in [2.75, 3.05) is 19.8 Å². The van der Waals surface area contributed by atoms with E-state index < -0.39 is 27.9 Å². The van der Waals surface area contributed by atoms with Crippen molar-refractivity contribution < 1.29 is 28.1 Å². The van der Waals surface area contributed by atoms with Gasteiger partial charge in [0.15, 0.2) is 0 Å². The van der Waals surface area contributed by atoms with E-state index >= 15 is 0 Å². The molecule has 74 valence electrons. The van der Waals surface area contributed by atoms with Gasteiger partial charge in [0, 0.05) is 0 Å². The quantitative estimate of drug-likeness (QED) is 0.650. The maximum atomic E-state index is 10.8. The van der Waals surface area contributed by atoms with Crippen LogP contribution < -0.4 is 4.89 Å². The molecule has 0 aromatic heterocycles. The lowest BCUT2D eigenvalue weighted by molar-refractivity contribution is -0.190. The van der Waals surface area contributed by atoms with Crippen LogP contribution in [-0.4, -0.2) is 30.8 Å². The van der Waals surface area contributed by atoms with Gasteiger partial charge in [0.25, 0.3) is 5.85 Å². The second-order valence-corrected chi connectivity index (χ2v) is 5.25. The minimum absolute atomic E-state index is 0.184. The minimum Gasteiger partial charge on any atom is -0.593 e. The molecule has 2 atom stereocenters. The minimum atomic E-state index is -2.71. The SMILES string of the molecule is O=[P+]([O-])C1OP2OCC1(CO)CO2. The highest BCUT2D eigenvalue weighted by Gasteiger charge is 2.58. The van der Waals surface area contributed by atoms with Gasteiger partial charge in [-0.1, -0.05) is 4.57 Å². The molecule has 3 aliphatic rings. The van der Waals surface area contributed by atoms with Crippen molar-refractivity contribution in [3.8, 4) is 0 Å². The molecule has 13 heavy (non-hydrogen) atoms. The van der Waals surface area contributed by atoms with Crippen molar-refractivity contribution in [3.05, 3.63) is 0 Å². The van der Waals surface area contributed by atoms with Crippen LogP contribution in [0.15, 0.2) is 0 Å². The van der Waals surface area contributed by atoms with Crippen LogP contribution in [0.3, 0.4) is 0 Å². The normalized spacial score (nSPS) is 44.9. The van der Waals surface area contributed by atoms with Gasteiger partial charge < -0.3 is 19.0 Å². The van der Waals surface area contributed by atoms with E-state index in [4.69, 9.17) is 18.7 Å². The predicted octanol–water partition coefficient (Wildman–Crippen LogP) is -0.302. The van der Waals surface area contributed by atoms with E-state index in [-0.39, 0.29) is 19.8 Å². The molecule has 0 aliphatic carbocycles. The molecule has 8 heteroatoms. The maximum Gasteiger partial charge on any atom is 0.342 e. The first-order valence-electron chi connectivity index (χ1n) is 3.65. The van der Waals surface area contributed by atoms with Crippen LogP contribution >= 0.6 is 16.6 Å². The van der Waals surface area contributed by atoms with Gasteiger partial charge in [0.1, 0.15) is 5.41 Å². The Morgan fingerprint density at radius 3 is 2.62 bits per heavy atom. The average molecular weight is 226 g/mol. The van der Waals surface area contributed by atoms with E-state index in [0.29, 0.717) is 0 Å². The predicted molar refractivity (Wildman–Crippen MR) is 40.8 cm³/mol. The van der Waals surface area contributed by atoms with Crippen LogP contribution in [-0.2, 0) is 18.1 Å². The van der Waals surface area contributed by atoms with Gasteiger partial charge in [0.2, 0.25) is 0 Å². The molecule has 3 rings (SSSR count). The lowest BCUT2D eigenvalue weighted by atomic mass is 9.92. The molecular weight excluding hydrogens is 218 g/mol. The summed E-state index contributed by atoms with van der Waals surface area (Å²) in [4.78, 5) is 10.8. The van der Waals surface area contributed by atoms with Gasteiger partial charge in [0.05, 0.1) is 19.8 Å². The first-order valence-corrected chi connectivity index (χ1v) is 5.99. The highest BCUT2D eigenvalue weighted by atomic mass is 31.2. The Hall–Kier alpha value is 0.330. The number of hydrogen-bond acceptors (Lipinski definition) is 6. The van der Waals surface area contributed by atoms with E-state index in [1.165, 1.54) is 0 Å². The average Bonchev–Trinajstić information content (AvgIpc) is 2.19. The van der Waals surface area contributed by atoms with Crippen molar-refractivity contribution >= 4 is 16.6 Å². The number of rotatable bonds is 2. The van der Waals surface area contributed by atoms with Gasteiger partial charge >= 0.3 is 16.6 Å². The molecule has 0 aromatic rings. The van der Waals surface area contributed by atoms with E-state index in [1.807, 2.05) is 0 Å². The number of fused-ring (bicyclic) bond motifs is 3. The van der Waals surface area contributed by atoms with Crippen molar-refractivity contribution in [1.82, 2.24) is 0 Å². The zero-order chi connectivity index (χ0) is 9.47. The smallest absolute Gasteiger partial charge is 0.342 e. The molecular formula is C5H8O6P2. The topological polar surface area (TPSA) is 88.1 Å². The Bertz CT molecular complexity index is 225. The number of aliphatic hydroxyl groups is 1. The Balaban J connectivity index is 2.23. The summed E-state index contributed by atoms with van der Waals surface area (Å²) in [5.74, 6) is -0.971. The van der Waals surface area contributed by atoms with Gasteiger partial charge in [-0.05, 0) is 0 Å². The summed E-state index contributed by atoms with van der Waals surface area (Å²) in [7, 11) is -4.22. The van der Waals surface area contributed by atoms with Crippen LogP contribution in [0.25, 0.3) is 0 Å². The number of hydrogen-bond donors (Lipinski definition) is 1. The third-order valence-corrected chi connectivity index (χ3v) is 4.40. The Morgan fingerprint density at radius 1 is 1.62 bits per heavy atom. The van der Waals surface area contributed by atoms with E-state index in [0.717, 1.165) is 0 Å². The third kappa shape index (κ3) is 1.53.